The van der Waals surface area contributed by atoms with Crippen molar-refractivity contribution in [3.05, 3.63) is 102 Å². The van der Waals surface area contributed by atoms with Crippen molar-refractivity contribution in [3.63, 3.8) is 0 Å². The van der Waals surface area contributed by atoms with Gasteiger partial charge in [0.05, 0.1) is 18.9 Å². The summed E-state index contributed by atoms with van der Waals surface area (Å²) in [5.41, 5.74) is 2.53. The number of carboxylic acid groups (broad SMARTS) is 1. The number of rotatable bonds is 7. The highest BCUT2D eigenvalue weighted by Gasteiger charge is 2.59. The van der Waals surface area contributed by atoms with Crippen molar-refractivity contribution in [3.8, 4) is 5.75 Å². The predicted octanol–water partition coefficient (Wildman–Crippen LogP) is 4.64. The molecule has 3 aromatic carbocycles. The molecule has 1 saturated carbocycles. The topological polar surface area (TPSA) is 72.8 Å². The summed E-state index contributed by atoms with van der Waals surface area (Å²) in [4.78, 5) is 25.4. The molecular weight excluding hydrogens is 392 g/mol. The number of carbonyl (C=O) groups is 2. The molecule has 0 aliphatic heterocycles. The molecule has 3 aromatic rings. The normalized spacial score (nSPS) is 22.2. The number of benzene rings is 3. The average Bonchev–Trinajstić information content (AvgIpc) is 2.78. The fraction of sp³-hybridized carbons (Fsp3) is 0.231. The van der Waals surface area contributed by atoms with Crippen LogP contribution in [0.1, 0.15) is 28.5 Å². The molecule has 0 bridgehead atoms. The highest BCUT2D eigenvalue weighted by molar-refractivity contribution is 5.84. The third-order valence-electron chi connectivity index (χ3n) is 6.01. The molecule has 0 saturated heterocycles. The maximum Gasteiger partial charge on any atom is 0.310 e. The molecule has 1 fully saturated rings. The van der Waals surface area contributed by atoms with Gasteiger partial charge in [-0.05, 0) is 28.8 Å². The van der Waals surface area contributed by atoms with Crippen LogP contribution in [0.4, 0.5) is 0 Å². The Morgan fingerprint density at radius 1 is 0.774 bits per heavy atom. The highest BCUT2D eigenvalue weighted by Crippen LogP contribution is 2.58. The number of hydrogen-bond donors (Lipinski definition) is 1. The molecule has 4 rings (SSSR count). The fourth-order valence-corrected chi connectivity index (χ4v) is 4.50. The van der Waals surface area contributed by atoms with Crippen LogP contribution in [0.15, 0.2) is 84.9 Å². The fourth-order valence-electron chi connectivity index (χ4n) is 4.50. The molecule has 5 heteroatoms. The molecule has 158 valence electrons. The minimum Gasteiger partial charge on any atom is -0.497 e. The van der Waals surface area contributed by atoms with Gasteiger partial charge in [0.1, 0.15) is 12.4 Å². The van der Waals surface area contributed by atoms with Crippen molar-refractivity contribution in [2.45, 2.75) is 18.4 Å². The smallest absolute Gasteiger partial charge is 0.310 e. The van der Waals surface area contributed by atoms with Crippen LogP contribution in [0.25, 0.3) is 0 Å². The quantitative estimate of drug-likeness (QED) is 0.568. The SMILES string of the molecule is COc1ccc(COC(=O)C2[C@@H](c3ccccc3)C(C(=O)O)[C@@H]2c2ccccc2)cc1. The number of carboxylic acids is 1. The number of carbonyl (C=O) groups excluding carboxylic acids is 1. The van der Waals surface area contributed by atoms with Crippen molar-refractivity contribution < 1.29 is 24.2 Å². The second kappa shape index (κ2) is 9.04. The van der Waals surface area contributed by atoms with Gasteiger partial charge in [-0.15, -0.1) is 0 Å². The van der Waals surface area contributed by atoms with Gasteiger partial charge in [0.2, 0.25) is 0 Å². The average molecular weight is 416 g/mol. The van der Waals surface area contributed by atoms with Crippen LogP contribution in [0.3, 0.4) is 0 Å². The number of methoxy groups -OCH3 is 1. The Morgan fingerprint density at radius 3 is 1.74 bits per heavy atom. The summed E-state index contributed by atoms with van der Waals surface area (Å²) in [6.45, 7) is 0.125. The number of aliphatic carboxylic acids is 1. The first kappa shape index (κ1) is 20.7. The molecule has 1 N–H and O–H groups in total. The van der Waals surface area contributed by atoms with Crippen molar-refractivity contribution in [2.24, 2.45) is 11.8 Å². The molecule has 0 heterocycles. The Kier molecular flexibility index (Phi) is 6.03. The molecule has 0 aromatic heterocycles. The Bertz CT molecular complexity index is 983. The van der Waals surface area contributed by atoms with E-state index in [1.807, 2.05) is 84.9 Å². The summed E-state index contributed by atoms with van der Waals surface area (Å²) < 4.78 is 10.8. The van der Waals surface area contributed by atoms with E-state index in [4.69, 9.17) is 9.47 Å². The lowest BCUT2D eigenvalue weighted by Gasteiger charge is -2.49. The third-order valence-corrected chi connectivity index (χ3v) is 6.01. The predicted molar refractivity (Wildman–Crippen MR) is 116 cm³/mol. The van der Waals surface area contributed by atoms with Crippen molar-refractivity contribution >= 4 is 11.9 Å². The highest BCUT2D eigenvalue weighted by atomic mass is 16.5. The van der Waals surface area contributed by atoms with Gasteiger partial charge in [-0.3, -0.25) is 9.59 Å². The second-order valence-electron chi connectivity index (χ2n) is 7.72. The van der Waals surface area contributed by atoms with Crippen LogP contribution >= 0.6 is 0 Å². The lowest BCUT2D eigenvalue weighted by Crippen LogP contribution is -2.51. The Labute approximate surface area is 181 Å². The summed E-state index contributed by atoms with van der Waals surface area (Å²) >= 11 is 0. The van der Waals surface area contributed by atoms with Crippen LogP contribution in [0, 0.1) is 11.8 Å². The van der Waals surface area contributed by atoms with Gasteiger partial charge < -0.3 is 14.6 Å². The molecule has 0 unspecified atom stereocenters. The summed E-state index contributed by atoms with van der Waals surface area (Å²) in [7, 11) is 1.60. The first-order chi connectivity index (χ1) is 15.1. The maximum atomic E-state index is 13.2. The van der Waals surface area contributed by atoms with E-state index in [0.717, 1.165) is 22.4 Å². The molecule has 0 spiro atoms. The molecule has 0 radical (unpaired) electrons. The molecule has 1 aliphatic rings. The van der Waals surface area contributed by atoms with E-state index in [1.165, 1.54) is 0 Å². The Balaban J connectivity index is 1.61. The van der Waals surface area contributed by atoms with E-state index in [0.29, 0.717) is 0 Å². The molecule has 5 nitrogen and oxygen atoms in total. The van der Waals surface area contributed by atoms with Crippen molar-refractivity contribution in [1.29, 1.82) is 0 Å². The van der Waals surface area contributed by atoms with Gasteiger partial charge in [0.15, 0.2) is 0 Å². The molecular formula is C26H24O5. The number of esters is 1. The number of hydrogen-bond acceptors (Lipinski definition) is 4. The van der Waals surface area contributed by atoms with Crippen LogP contribution in [-0.2, 0) is 20.9 Å². The van der Waals surface area contributed by atoms with E-state index in [9.17, 15) is 14.7 Å². The molecule has 2 atom stereocenters. The summed E-state index contributed by atoms with van der Waals surface area (Å²) in [5.74, 6) is -2.68. The van der Waals surface area contributed by atoms with E-state index in [2.05, 4.69) is 0 Å². The van der Waals surface area contributed by atoms with Gasteiger partial charge in [0.25, 0.3) is 0 Å². The Hall–Kier alpha value is -3.60. The van der Waals surface area contributed by atoms with Crippen molar-refractivity contribution in [2.75, 3.05) is 7.11 Å². The van der Waals surface area contributed by atoms with Gasteiger partial charge in [-0.1, -0.05) is 72.8 Å². The van der Waals surface area contributed by atoms with Gasteiger partial charge >= 0.3 is 11.9 Å². The van der Waals surface area contributed by atoms with Crippen LogP contribution in [0.5, 0.6) is 5.75 Å². The zero-order valence-electron chi connectivity index (χ0n) is 17.2. The van der Waals surface area contributed by atoms with Crippen LogP contribution in [0.2, 0.25) is 0 Å². The van der Waals surface area contributed by atoms with Gasteiger partial charge in [-0.25, -0.2) is 0 Å². The van der Waals surface area contributed by atoms with Crippen LogP contribution < -0.4 is 4.74 Å². The van der Waals surface area contributed by atoms with E-state index in [-0.39, 0.29) is 12.6 Å². The van der Waals surface area contributed by atoms with Gasteiger partial charge in [0, 0.05) is 11.8 Å². The lowest BCUT2D eigenvalue weighted by atomic mass is 9.52. The summed E-state index contributed by atoms with van der Waals surface area (Å²) in [6.07, 6.45) is 0. The summed E-state index contributed by atoms with van der Waals surface area (Å²) in [6, 6.07) is 26.1. The lowest BCUT2D eigenvalue weighted by molar-refractivity contribution is -0.165. The summed E-state index contributed by atoms with van der Waals surface area (Å²) in [5, 5.41) is 9.99. The monoisotopic (exact) mass is 416 g/mol. The van der Waals surface area contributed by atoms with Crippen molar-refractivity contribution in [1.82, 2.24) is 0 Å². The van der Waals surface area contributed by atoms with E-state index in [1.54, 1.807) is 7.11 Å². The zero-order chi connectivity index (χ0) is 21.8. The van der Waals surface area contributed by atoms with E-state index >= 15 is 0 Å². The van der Waals surface area contributed by atoms with E-state index < -0.39 is 29.6 Å². The standard InChI is InChI=1S/C26H24O5/c1-30-20-14-12-17(13-15-20)16-31-26(29)24-21(18-8-4-2-5-9-18)23(25(27)28)22(24)19-10-6-3-7-11-19/h2-15,21-24H,16H2,1H3,(H,27,28)/t21-,22-,23?,24?/m0/s1. The minimum absolute atomic E-state index is 0.125. The van der Waals surface area contributed by atoms with Gasteiger partial charge in [-0.2, -0.15) is 0 Å². The largest absolute Gasteiger partial charge is 0.497 e. The minimum atomic E-state index is -0.901. The first-order valence-corrected chi connectivity index (χ1v) is 10.2. The van der Waals surface area contributed by atoms with Crippen LogP contribution in [-0.4, -0.2) is 24.2 Å². The molecule has 31 heavy (non-hydrogen) atoms. The molecule has 0 amide bonds. The second-order valence-corrected chi connectivity index (χ2v) is 7.72. The first-order valence-electron chi connectivity index (χ1n) is 10.2. The zero-order valence-corrected chi connectivity index (χ0v) is 17.2. The molecule has 1 aliphatic carbocycles. The maximum absolute atomic E-state index is 13.2. The number of ether oxygens (including phenoxy) is 2. The Morgan fingerprint density at radius 2 is 1.29 bits per heavy atom. The third kappa shape index (κ3) is 4.17.